The summed E-state index contributed by atoms with van der Waals surface area (Å²) in [5.41, 5.74) is 0. The van der Waals surface area contributed by atoms with Crippen LogP contribution in [0.2, 0.25) is 0 Å². The summed E-state index contributed by atoms with van der Waals surface area (Å²) in [7, 11) is 0. The molecular weight excluding hydrogens is 234 g/mol. The SMILES string of the molecule is O=C(O)C(=O)O.[H-].[K+].[Pd]. The first-order valence-corrected chi connectivity index (χ1v) is 1.11. The number of carboxylic acids is 2. The minimum Gasteiger partial charge on any atom is -1.00 e. The van der Waals surface area contributed by atoms with E-state index < -0.39 is 11.9 Å². The van der Waals surface area contributed by atoms with Gasteiger partial charge in [0.15, 0.2) is 0 Å². The van der Waals surface area contributed by atoms with E-state index in [1.807, 2.05) is 0 Å². The van der Waals surface area contributed by atoms with Gasteiger partial charge in [-0.2, -0.15) is 0 Å². The van der Waals surface area contributed by atoms with E-state index >= 15 is 0 Å². The Bertz CT molecular complexity index is 84.6. The molecule has 8 heavy (non-hydrogen) atoms. The average Bonchev–Trinajstić information content (AvgIpc) is 1.36. The summed E-state index contributed by atoms with van der Waals surface area (Å²) < 4.78 is 0. The van der Waals surface area contributed by atoms with Crippen molar-refractivity contribution in [2.75, 3.05) is 0 Å². The van der Waals surface area contributed by atoms with Gasteiger partial charge in [0, 0.05) is 20.4 Å². The fourth-order valence-corrected chi connectivity index (χ4v) is 0. The van der Waals surface area contributed by atoms with Gasteiger partial charge in [0.25, 0.3) is 0 Å². The largest absolute Gasteiger partial charge is 1.00 e. The van der Waals surface area contributed by atoms with Gasteiger partial charge in [0.1, 0.15) is 0 Å². The molecule has 4 nitrogen and oxygen atoms in total. The molecule has 0 fully saturated rings. The number of carbonyl (C=O) groups is 2. The number of hydrogen-bond acceptors (Lipinski definition) is 2. The first kappa shape index (κ1) is 16.1. The minimum atomic E-state index is -1.82. The van der Waals surface area contributed by atoms with Gasteiger partial charge in [-0.05, 0) is 0 Å². The maximum Gasteiger partial charge on any atom is 1.00 e. The van der Waals surface area contributed by atoms with E-state index in [-0.39, 0.29) is 73.2 Å². The van der Waals surface area contributed by atoms with Crippen LogP contribution in [0.4, 0.5) is 0 Å². The van der Waals surface area contributed by atoms with E-state index in [0.29, 0.717) is 0 Å². The van der Waals surface area contributed by atoms with Gasteiger partial charge in [-0.3, -0.25) is 0 Å². The molecule has 0 aromatic rings. The van der Waals surface area contributed by atoms with Gasteiger partial charge < -0.3 is 11.6 Å². The Hall–Kier alpha value is 1.24. The number of rotatable bonds is 0. The van der Waals surface area contributed by atoms with Gasteiger partial charge in [0.05, 0.1) is 0 Å². The van der Waals surface area contributed by atoms with Crippen LogP contribution in [0.25, 0.3) is 0 Å². The maximum atomic E-state index is 9.10. The molecule has 0 atom stereocenters. The third-order valence-electron chi connectivity index (χ3n) is 0.183. The van der Waals surface area contributed by atoms with Crippen molar-refractivity contribution in [3.63, 3.8) is 0 Å². The molecule has 6 heteroatoms. The maximum absolute atomic E-state index is 9.10. The topological polar surface area (TPSA) is 74.6 Å². The molecule has 0 aromatic carbocycles. The van der Waals surface area contributed by atoms with E-state index in [0.717, 1.165) is 0 Å². The molecule has 0 saturated carbocycles. The first-order chi connectivity index (χ1) is 2.64. The third-order valence-corrected chi connectivity index (χ3v) is 0.183. The molecule has 0 bridgehead atoms. The van der Waals surface area contributed by atoms with Crippen LogP contribution < -0.4 is 51.4 Å². The molecule has 0 aliphatic rings. The zero-order valence-electron chi connectivity index (χ0n) is 5.03. The average molecular weight is 237 g/mol. The van der Waals surface area contributed by atoms with Crippen molar-refractivity contribution in [1.82, 2.24) is 0 Å². The van der Waals surface area contributed by atoms with Crippen LogP contribution in [-0.2, 0) is 30.0 Å². The third kappa shape index (κ3) is 10.3. The van der Waals surface area contributed by atoms with Crippen molar-refractivity contribution in [2.24, 2.45) is 0 Å². The Balaban J connectivity index is -0.0000000417. The molecule has 0 unspecified atom stereocenters. The van der Waals surface area contributed by atoms with Crippen molar-refractivity contribution < 1.29 is 93.0 Å². The molecule has 0 saturated heterocycles. The molecule has 0 radical (unpaired) electrons. The van der Waals surface area contributed by atoms with Crippen molar-refractivity contribution in [3.05, 3.63) is 0 Å². The van der Waals surface area contributed by atoms with E-state index in [2.05, 4.69) is 0 Å². The van der Waals surface area contributed by atoms with Gasteiger partial charge >= 0.3 is 63.3 Å². The Labute approximate surface area is 103 Å². The second-order valence-electron chi connectivity index (χ2n) is 0.610. The van der Waals surface area contributed by atoms with Gasteiger partial charge in [-0.1, -0.05) is 0 Å². The Morgan fingerprint density at radius 2 is 1.25 bits per heavy atom. The quantitative estimate of drug-likeness (QED) is 0.335. The van der Waals surface area contributed by atoms with Crippen LogP contribution in [0, 0.1) is 0 Å². The molecule has 0 spiro atoms. The van der Waals surface area contributed by atoms with Crippen LogP contribution in [-0.4, -0.2) is 22.2 Å². The zero-order valence-corrected chi connectivity index (χ0v) is 8.70. The van der Waals surface area contributed by atoms with E-state index in [9.17, 15) is 0 Å². The van der Waals surface area contributed by atoms with Gasteiger partial charge in [0.2, 0.25) is 0 Å². The van der Waals surface area contributed by atoms with E-state index in [1.165, 1.54) is 0 Å². The first-order valence-electron chi connectivity index (χ1n) is 1.11. The monoisotopic (exact) mass is 236 g/mol. The fraction of sp³-hybridized carbons (Fsp3) is 0. The summed E-state index contributed by atoms with van der Waals surface area (Å²) in [4.78, 5) is 18.2. The molecular formula is C2H3KO4Pd. The summed E-state index contributed by atoms with van der Waals surface area (Å²) in [6.07, 6.45) is 0. The molecule has 0 aromatic heterocycles. The van der Waals surface area contributed by atoms with Crippen LogP contribution in [0.1, 0.15) is 1.43 Å². The van der Waals surface area contributed by atoms with E-state index in [4.69, 9.17) is 19.8 Å². The van der Waals surface area contributed by atoms with Crippen LogP contribution in [0.15, 0.2) is 0 Å². The predicted molar refractivity (Wildman–Crippen MR) is 16.4 cm³/mol. The molecule has 0 heterocycles. The Kier molecular flexibility index (Phi) is 16.6. The Morgan fingerprint density at radius 3 is 1.25 bits per heavy atom. The van der Waals surface area contributed by atoms with Gasteiger partial charge in [-0.25, -0.2) is 9.59 Å². The number of carboxylic acid groups (broad SMARTS) is 2. The zero-order chi connectivity index (χ0) is 5.15. The number of hydrogen-bond donors (Lipinski definition) is 2. The molecule has 0 amide bonds. The van der Waals surface area contributed by atoms with Crippen molar-refractivity contribution in [1.29, 1.82) is 0 Å². The fourth-order valence-electron chi connectivity index (χ4n) is 0. The molecule has 0 aliphatic heterocycles. The summed E-state index contributed by atoms with van der Waals surface area (Å²) >= 11 is 0. The van der Waals surface area contributed by atoms with Crippen LogP contribution in [0.5, 0.6) is 0 Å². The Morgan fingerprint density at radius 1 is 1.12 bits per heavy atom. The van der Waals surface area contributed by atoms with Crippen LogP contribution >= 0.6 is 0 Å². The standard InChI is InChI=1S/C2H2O4.K.Pd.H/c3-1(4)2(5)6;;;/h(H,3,4)(H,5,6);;;/q;+1;;-1. The van der Waals surface area contributed by atoms with Crippen LogP contribution in [0.3, 0.4) is 0 Å². The summed E-state index contributed by atoms with van der Waals surface area (Å²) in [5, 5.41) is 14.8. The van der Waals surface area contributed by atoms with E-state index in [1.54, 1.807) is 0 Å². The smallest absolute Gasteiger partial charge is 1.00 e. The summed E-state index contributed by atoms with van der Waals surface area (Å²) in [6, 6.07) is 0. The number of aliphatic carboxylic acids is 2. The van der Waals surface area contributed by atoms with Gasteiger partial charge in [-0.15, -0.1) is 0 Å². The van der Waals surface area contributed by atoms with Crippen molar-refractivity contribution in [3.8, 4) is 0 Å². The molecule has 2 N–H and O–H groups in total. The minimum absolute atomic E-state index is 0. The van der Waals surface area contributed by atoms with Crippen molar-refractivity contribution >= 4 is 11.9 Å². The molecule has 0 aliphatic carbocycles. The molecule has 46 valence electrons. The molecule has 0 rings (SSSR count). The predicted octanol–water partition coefficient (Wildman–Crippen LogP) is -3.73. The van der Waals surface area contributed by atoms with Crippen molar-refractivity contribution in [2.45, 2.75) is 0 Å². The summed E-state index contributed by atoms with van der Waals surface area (Å²) in [6.45, 7) is 0. The second kappa shape index (κ2) is 8.24. The summed E-state index contributed by atoms with van der Waals surface area (Å²) in [5.74, 6) is -3.65. The second-order valence-corrected chi connectivity index (χ2v) is 0.610. The normalized spacial score (nSPS) is 5.50.